The van der Waals surface area contributed by atoms with Crippen LogP contribution in [0.25, 0.3) is 0 Å². The Hall–Kier alpha value is -1.50. The summed E-state index contributed by atoms with van der Waals surface area (Å²) in [4.78, 5) is 24.6. The van der Waals surface area contributed by atoms with E-state index in [1.54, 1.807) is 19.9 Å². The third-order valence-corrected chi connectivity index (χ3v) is 7.01. The number of carbonyl (C=O) groups excluding carboxylic acids is 2. The Balaban J connectivity index is 1.82. The van der Waals surface area contributed by atoms with E-state index in [0.717, 1.165) is 0 Å². The van der Waals surface area contributed by atoms with Crippen LogP contribution >= 0.6 is 0 Å². The average molecular weight is 348 g/mol. The third-order valence-electron chi connectivity index (χ3n) is 7.01. The van der Waals surface area contributed by atoms with Crippen molar-refractivity contribution < 1.29 is 28.9 Å². The number of epoxide rings is 1. The van der Waals surface area contributed by atoms with Crippen LogP contribution in [0.3, 0.4) is 0 Å². The summed E-state index contributed by atoms with van der Waals surface area (Å²) >= 11 is 0. The number of esters is 1. The molecule has 0 aromatic carbocycles. The van der Waals surface area contributed by atoms with E-state index in [9.17, 15) is 14.7 Å². The van der Waals surface area contributed by atoms with Gasteiger partial charge in [0, 0.05) is 23.3 Å². The molecule has 1 spiro atoms. The first kappa shape index (κ1) is 16.9. The molecule has 0 amide bonds. The maximum absolute atomic E-state index is 12.5. The van der Waals surface area contributed by atoms with Crippen LogP contribution in [0.1, 0.15) is 34.1 Å². The fraction of sp³-hybridized carbons (Fsp3) is 0.684. The standard InChI is InChI=1S/C19H24O6/c1-5-6-13(21)25-15-14(22)16-19(9-23-19)18(15,4)17(3)8-11(20)10(2)7-12(17)24-16/h5-7,12,14-16,22H,8-9H2,1-4H3. The second kappa shape index (κ2) is 5.02. The van der Waals surface area contributed by atoms with Gasteiger partial charge in [-0.15, -0.1) is 0 Å². The zero-order chi connectivity index (χ0) is 18.2. The zero-order valence-corrected chi connectivity index (χ0v) is 14.9. The predicted molar refractivity (Wildman–Crippen MR) is 87.6 cm³/mol. The third kappa shape index (κ3) is 1.85. The molecule has 25 heavy (non-hydrogen) atoms. The predicted octanol–water partition coefficient (Wildman–Crippen LogP) is 1.32. The summed E-state index contributed by atoms with van der Waals surface area (Å²) in [5.74, 6) is -0.456. The van der Waals surface area contributed by atoms with Crippen molar-refractivity contribution in [1.82, 2.24) is 0 Å². The molecule has 3 fully saturated rings. The molecule has 0 aromatic heterocycles. The van der Waals surface area contributed by atoms with E-state index in [-0.39, 0.29) is 18.3 Å². The summed E-state index contributed by atoms with van der Waals surface area (Å²) in [6, 6.07) is 0. The van der Waals surface area contributed by atoms with E-state index in [1.165, 1.54) is 6.08 Å². The number of allylic oxidation sites excluding steroid dienone is 2. The highest BCUT2D eigenvalue weighted by Crippen LogP contribution is 2.71. The molecule has 7 atom stereocenters. The maximum Gasteiger partial charge on any atom is 0.330 e. The summed E-state index contributed by atoms with van der Waals surface area (Å²) in [7, 11) is 0. The summed E-state index contributed by atoms with van der Waals surface area (Å²) in [6.07, 6.45) is 2.36. The second-order valence-corrected chi connectivity index (χ2v) is 8.07. The van der Waals surface area contributed by atoms with Crippen LogP contribution in [-0.4, -0.2) is 53.5 Å². The van der Waals surface area contributed by atoms with Gasteiger partial charge in [-0.25, -0.2) is 4.79 Å². The molecule has 6 nitrogen and oxygen atoms in total. The number of ether oxygens (including phenoxy) is 3. The Kier molecular flexibility index (Phi) is 3.40. The molecular weight excluding hydrogens is 324 g/mol. The molecule has 0 radical (unpaired) electrons. The Bertz CT molecular complexity index is 705. The van der Waals surface area contributed by atoms with Crippen molar-refractivity contribution in [2.75, 3.05) is 6.61 Å². The molecule has 2 aliphatic carbocycles. The fourth-order valence-electron chi connectivity index (χ4n) is 5.25. The molecule has 2 saturated heterocycles. The van der Waals surface area contributed by atoms with Gasteiger partial charge in [-0.05, 0) is 25.5 Å². The molecule has 6 heteroatoms. The lowest BCUT2D eigenvalue weighted by Gasteiger charge is -2.56. The highest BCUT2D eigenvalue weighted by Gasteiger charge is 2.84. The Morgan fingerprint density at radius 1 is 1.44 bits per heavy atom. The van der Waals surface area contributed by atoms with Crippen molar-refractivity contribution in [3.05, 3.63) is 23.8 Å². The SMILES string of the molecule is CC=CC(=O)OC1C(O)C2OC3C=C(C)C(=O)CC3(C)C1(C)C21CO1. The number of hydrogen-bond donors (Lipinski definition) is 1. The topological polar surface area (TPSA) is 85.4 Å². The van der Waals surface area contributed by atoms with Gasteiger partial charge in [0.05, 0.1) is 12.7 Å². The van der Waals surface area contributed by atoms with Gasteiger partial charge in [0.25, 0.3) is 0 Å². The van der Waals surface area contributed by atoms with E-state index >= 15 is 0 Å². The zero-order valence-electron chi connectivity index (χ0n) is 14.9. The molecule has 7 unspecified atom stereocenters. The van der Waals surface area contributed by atoms with E-state index in [4.69, 9.17) is 14.2 Å². The number of hydrogen-bond acceptors (Lipinski definition) is 6. The first-order valence-electron chi connectivity index (χ1n) is 8.74. The summed E-state index contributed by atoms with van der Waals surface area (Å²) < 4.78 is 17.7. The van der Waals surface area contributed by atoms with Gasteiger partial charge in [-0.3, -0.25) is 4.79 Å². The lowest BCUT2D eigenvalue weighted by atomic mass is 9.52. The molecule has 2 aliphatic heterocycles. The molecule has 1 saturated carbocycles. The van der Waals surface area contributed by atoms with Crippen molar-refractivity contribution in [2.24, 2.45) is 10.8 Å². The fourth-order valence-corrected chi connectivity index (χ4v) is 5.25. The number of rotatable bonds is 2. The summed E-state index contributed by atoms with van der Waals surface area (Å²) in [5, 5.41) is 10.9. The minimum absolute atomic E-state index is 0.0535. The molecule has 4 rings (SSSR count). The van der Waals surface area contributed by atoms with Crippen LogP contribution in [0.15, 0.2) is 23.8 Å². The second-order valence-electron chi connectivity index (χ2n) is 8.07. The average Bonchev–Trinajstić information content (AvgIpc) is 3.32. The first-order chi connectivity index (χ1) is 11.7. The van der Waals surface area contributed by atoms with Crippen LogP contribution in [0, 0.1) is 10.8 Å². The number of aliphatic hydroxyl groups excluding tert-OH is 1. The molecule has 1 N–H and O–H groups in total. The van der Waals surface area contributed by atoms with Crippen molar-refractivity contribution in [1.29, 1.82) is 0 Å². The quantitative estimate of drug-likeness (QED) is 0.460. The van der Waals surface area contributed by atoms with E-state index < -0.39 is 40.7 Å². The van der Waals surface area contributed by atoms with Gasteiger partial charge in [-0.2, -0.15) is 0 Å². The van der Waals surface area contributed by atoms with Gasteiger partial charge < -0.3 is 19.3 Å². The van der Waals surface area contributed by atoms with Crippen molar-refractivity contribution in [2.45, 2.75) is 64.1 Å². The number of Topliss-reactive ketones (excluding diaryl/α,β-unsaturated/α-hetero) is 1. The van der Waals surface area contributed by atoms with E-state index in [2.05, 4.69) is 0 Å². The van der Waals surface area contributed by atoms with Crippen molar-refractivity contribution >= 4 is 11.8 Å². The number of ketones is 1. The van der Waals surface area contributed by atoms with E-state index in [0.29, 0.717) is 12.2 Å². The van der Waals surface area contributed by atoms with Gasteiger partial charge in [0.15, 0.2) is 5.78 Å². The Morgan fingerprint density at radius 3 is 2.72 bits per heavy atom. The van der Waals surface area contributed by atoms with Crippen LogP contribution in [0.2, 0.25) is 0 Å². The minimum Gasteiger partial charge on any atom is -0.456 e. The highest BCUT2D eigenvalue weighted by molar-refractivity contribution is 5.96. The van der Waals surface area contributed by atoms with Gasteiger partial charge in [-0.1, -0.05) is 19.9 Å². The smallest absolute Gasteiger partial charge is 0.330 e. The number of aliphatic hydroxyl groups is 1. The monoisotopic (exact) mass is 348 g/mol. The van der Waals surface area contributed by atoms with Gasteiger partial charge >= 0.3 is 5.97 Å². The molecule has 0 aromatic rings. The lowest BCUT2D eigenvalue weighted by Crippen LogP contribution is -2.64. The maximum atomic E-state index is 12.5. The normalized spacial score (nSPS) is 50.8. The van der Waals surface area contributed by atoms with E-state index in [1.807, 2.05) is 19.9 Å². The molecule has 4 aliphatic rings. The van der Waals surface area contributed by atoms with Crippen molar-refractivity contribution in [3.8, 4) is 0 Å². The van der Waals surface area contributed by atoms with Crippen molar-refractivity contribution in [3.63, 3.8) is 0 Å². The minimum atomic E-state index is -0.993. The number of carbonyl (C=O) groups is 2. The van der Waals surface area contributed by atoms with Crippen LogP contribution in [-0.2, 0) is 23.8 Å². The molecule has 2 heterocycles. The van der Waals surface area contributed by atoms with Gasteiger partial charge in [0.1, 0.15) is 23.9 Å². The number of fused-ring (bicyclic) bond motifs is 2. The van der Waals surface area contributed by atoms with Crippen LogP contribution in [0.5, 0.6) is 0 Å². The summed E-state index contributed by atoms with van der Waals surface area (Å²) in [6.45, 7) is 7.89. The summed E-state index contributed by atoms with van der Waals surface area (Å²) in [5.41, 5.74) is -1.39. The molecule has 2 bridgehead atoms. The lowest BCUT2D eigenvalue weighted by molar-refractivity contribution is -0.209. The molecular formula is C19H24O6. The Labute approximate surface area is 146 Å². The largest absolute Gasteiger partial charge is 0.456 e. The van der Waals surface area contributed by atoms with Crippen LogP contribution in [0.4, 0.5) is 0 Å². The van der Waals surface area contributed by atoms with Crippen LogP contribution < -0.4 is 0 Å². The highest BCUT2D eigenvalue weighted by atomic mass is 16.6. The van der Waals surface area contributed by atoms with Gasteiger partial charge in [0.2, 0.25) is 0 Å². The Morgan fingerprint density at radius 2 is 2.12 bits per heavy atom. The molecule has 136 valence electrons. The first-order valence-corrected chi connectivity index (χ1v) is 8.74.